The van der Waals surface area contributed by atoms with Crippen molar-refractivity contribution < 1.29 is 38.2 Å². The SMILES string of the molecule is CCCCCCCCC/C=C/CCCCCCCC(=O)OCC(COCCC(C(=O)O)[N+](C)(C)C)OC(=O)CCCCCCCCCCCCCCCCCC. The Hall–Kier alpha value is -1.93. The third-order valence-corrected chi connectivity index (χ3v) is 10.9. The van der Waals surface area contributed by atoms with Crippen LogP contribution < -0.4 is 0 Å². The van der Waals surface area contributed by atoms with E-state index in [0.29, 0.717) is 19.3 Å². The number of hydrogen-bond acceptors (Lipinski definition) is 6. The molecule has 0 amide bonds. The van der Waals surface area contributed by atoms with Gasteiger partial charge < -0.3 is 23.8 Å². The maximum Gasteiger partial charge on any atom is 0.362 e. The minimum Gasteiger partial charge on any atom is -0.477 e. The van der Waals surface area contributed by atoms with Gasteiger partial charge in [-0.25, -0.2) is 4.79 Å². The van der Waals surface area contributed by atoms with Crippen LogP contribution in [0.2, 0.25) is 0 Å². The minimum absolute atomic E-state index is 0.0492. The van der Waals surface area contributed by atoms with Gasteiger partial charge in [0, 0.05) is 19.3 Å². The molecule has 0 aliphatic rings. The van der Waals surface area contributed by atoms with Crippen molar-refractivity contribution in [3.63, 3.8) is 0 Å². The summed E-state index contributed by atoms with van der Waals surface area (Å²) >= 11 is 0. The van der Waals surface area contributed by atoms with Gasteiger partial charge in [0.15, 0.2) is 12.1 Å². The van der Waals surface area contributed by atoms with E-state index in [9.17, 15) is 19.5 Å². The van der Waals surface area contributed by atoms with Crippen LogP contribution in [0.5, 0.6) is 0 Å². The predicted molar refractivity (Wildman–Crippen MR) is 234 cm³/mol. The van der Waals surface area contributed by atoms with Gasteiger partial charge in [-0.3, -0.25) is 9.59 Å². The van der Waals surface area contributed by atoms with E-state index in [1.165, 1.54) is 148 Å². The van der Waals surface area contributed by atoms with Crippen LogP contribution in [0.25, 0.3) is 0 Å². The molecular weight excluding hydrogens is 703 g/mol. The van der Waals surface area contributed by atoms with Crippen molar-refractivity contribution in [1.29, 1.82) is 0 Å². The molecule has 0 aromatic heterocycles. The van der Waals surface area contributed by atoms with E-state index in [-0.39, 0.29) is 36.2 Å². The molecule has 0 aliphatic carbocycles. The molecule has 0 rings (SSSR count). The van der Waals surface area contributed by atoms with Crippen LogP contribution in [0.15, 0.2) is 12.2 Å². The monoisotopic (exact) mass is 795 g/mol. The number of allylic oxidation sites excluding steroid dienone is 2. The lowest BCUT2D eigenvalue weighted by Crippen LogP contribution is -2.50. The van der Waals surface area contributed by atoms with Crippen LogP contribution in [0, 0.1) is 0 Å². The van der Waals surface area contributed by atoms with E-state index in [1.54, 1.807) is 0 Å². The first-order chi connectivity index (χ1) is 27.1. The van der Waals surface area contributed by atoms with Crippen LogP contribution in [-0.2, 0) is 28.6 Å². The fraction of sp³-hybridized carbons (Fsp3) is 0.896. The van der Waals surface area contributed by atoms with Gasteiger partial charge in [-0.05, 0) is 38.5 Å². The first-order valence-corrected chi connectivity index (χ1v) is 23.7. The van der Waals surface area contributed by atoms with Gasteiger partial charge in [0.1, 0.15) is 6.61 Å². The number of aliphatic carboxylic acids is 1. The van der Waals surface area contributed by atoms with Crippen LogP contribution in [0.4, 0.5) is 0 Å². The van der Waals surface area contributed by atoms with Gasteiger partial charge in [0.2, 0.25) is 0 Å². The summed E-state index contributed by atoms with van der Waals surface area (Å²) in [6.45, 7) is 4.76. The van der Waals surface area contributed by atoms with Crippen LogP contribution in [-0.4, -0.2) is 80.6 Å². The summed E-state index contributed by atoms with van der Waals surface area (Å²) in [4.78, 5) is 37.0. The largest absolute Gasteiger partial charge is 0.477 e. The molecular formula is C48H92NO7+. The number of nitrogens with zero attached hydrogens (tertiary/aromatic N) is 1. The maximum atomic E-state index is 12.7. The zero-order valence-electron chi connectivity index (χ0n) is 37.6. The van der Waals surface area contributed by atoms with E-state index in [1.807, 2.05) is 21.1 Å². The zero-order valence-corrected chi connectivity index (χ0v) is 37.6. The number of unbranched alkanes of at least 4 members (excludes halogenated alkanes) is 27. The smallest absolute Gasteiger partial charge is 0.362 e. The molecule has 2 atom stereocenters. The number of hydrogen-bond donors (Lipinski definition) is 1. The molecule has 0 saturated heterocycles. The highest BCUT2D eigenvalue weighted by Crippen LogP contribution is 2.16. The quantitative estimate of drug-likeness (QED) is 0.0284. The van der Waals surface area contributed by atoms with E-state index in [0.717, 1.165) is 44.9 Å². The molecule has 0 fully saturated rings. The lowest BCUT2D eigenvalue weighted by molar-refractivity contribution is -0.887. The van der Waals surface area contributed by atoms with Gasteiger partial charge in [-0.1, -0.05) is 180 Å². The highest BCUT2D eigenvalue weighted by Gasteiger charge is 2.31. The second-order valence-corrected chi connectivity index (χ2v) is 17.4. The van der Waals surface area contributed by atoms with Gasteiger partial charge >= 0.3 is 17.9 Å². The fourth-order valence-corrected chi connectivity index (χ4v) is 7.21. The number of ether oxygens (including phenoxy) is 3. The normalized spacial score (nSPS) is 12.9. The van der Waals surface area contributed by atoms with E-state index in [4.69, 9.17) is 14.2 Å². The van der Waals surface area contributed by atoms with Crippen molar-refractivity contribution in [2.45, 2.75) is 238 Å². The van der Waals surface area contributed by atoms with E-state index in [2.05, 4.69) is 26.0 Å². The second-order valence-electron chi connectivity index (χ2n) is 17.4. The molecule has 1 N–H and O–H groups in total. The molecule has 0 saturated carbocycles. The summed E-state index contributed by atoms with van der Waals surface area (Å²) in [6, 6.07) is -0.611. The van der Waals surface area contributed by atoms with E-state index < -0.39 is 18.1 Å². The molecule has 330 valence electrons. The lowest BCUT2D eigenvalue weighted by Gasteiger charge is -2.31. The van der Waals surface area contributed by atoms with Crippen LogP contribution in [0.1, 0.15) is 226 Å². The van der Waals surface area contributed by atoms with Crippen LogP contribution in [0.3, 0.4) is 0 Å². The Balaban J connectivity index is 4.28. The molecule has 0 aromatic rings. The number of carboxylic acid groups (broad SMARTS) is 1. The van der Waals surface area contributed by atoms with Crippen molar-refractivity contribution >= 4 is 17.9 Å². The molecule has 0 aromatic carbocycles. The summed E-state index contributed by atoms with van der Waals surface area (Å²) in [7, 11) is 5.54. The Morgan fingerprint density at radius 1 is 0.518 bits per heavy atom. The second kappa shape index (κ2) is 39.9. The first-order valence-electron chi connectivity index (χ1n) is 23.7. The first kappa shape index (κ1) is 54.1. The third kappa shape index (κ3) is 37.6. The number of esters is 2. The van der Waals surface area contributed by atoms with Crippen molar-refractivity contribution in [1.82, 2.24) is 0 Å². The van der Waals surface area contributed by atoms with E-state index >= 15 is 0 Å². The Labute approximate surface area is 346 Å². The lowest BCUT2D eigenvalue weighted by atomic mass is 10.0. The molecule has 8 heteroatoms. The van der Waals surface area contributed by atoms with Crippen molar-refractivity contribution in [3.8, 4) is 0 Å². The highest BCUT2D eigenvalue weighted by molar-refractivity contribution is 5.72. The maximum absolute atomic E-state index is 12.7. The Kier molecular flexibility index (Phi) is 38.5. The fourth-order valence-electron chi connectivity index (χ4n) is 7.21. The molecule has 0 heterocycles. The number of carbonyl (C=O) groups excluding carboxylic acids is 2. The van der Waals surface area contributed by atoms with Gasteiger partial charge in [-0.15, -0.1) is 0 Å². The topological polar surface area (TPSA) is 99.1 Å². The summed E-state index contributed by atoms with van der Waals surface area (Å²) < 4.78 is 17.3. The predicted octanol–water partition coefficient (Wildman–Crippen LogP) is 13.1. The van der Waals surface area contributed by atoms with Crippen molar-refractivity contribution in [2.24, 2.45) is 0 Å². The summed E-state index contributed by atoms with van der Waals surface area (Å²) in [5, 5.41) is 9.63. The molecule has 0 bridgehead atoms. The van der Waals surface area contributed by atoms with Gasteiger partial charge in [-0.2, -0.15) is 0 Å². The summed E-state index contributed by atoms with van der Waals surface area (Å²) in [5.74, 6) is -1.46. The number of carboxylic acids is 1. The Morgan fingerprint density at radius 2 is 0.893 bits per heavy atom. The zero-order chi connectivity index (χ0) is 41.4. The van der Waals surface area contributed by atoms with Gasteiger partial charge in [0.05, 0.1) is 34.4 Å². The average molecular weight is 795 g/mol. The van der Waals surface area contributed by atoms with Crippen LogP contribution >= 0.6 is 0 Å². The molecule has 2 unspecified atom stereocenters. The highest BCUT2D eigenvalue weighted by atomic mass is 16.6. The Bertz CT molecular complexity index is 931. The molecule has 0 spiro atoms. The molecule has 0 radical (unpaired) electrons. The third-order valence-electron chi connectivity index (χ3n) is 10.9. The summed E-state index contributed by atoms with van der Waals surface area (Å²) in [6.07, 6.45) is 42.5. The van der Waals surface area contributed by atoms with Gasteiger partial charge in [0.25, 0.3) is 0 Å². The molecule has 56 heavy (non-hydrogen) atoms. The number of carbonyl (C=O) groups is 3. The summed E-state index contributed by atoms with van der Waals surface area (Å²) in [5.41, 5.74) is 0. The Morgan fingerprint density at radius 3 is 1.29 bits per heavy atom. The minimum atomic E-state index is -0.872. The standard InChI is InChI=1S/C48H91NO7/c1-6-8-10-12-14-16-18-20-22-24-26-28-30-32-34-36-38-46(50)55-43-44(42-54-41-40-45(48(52)53)49(3,4)5)56-47(51)39-37-35-33-31-29-27-25-23-21-19-17-15-13-11-9-7-2/h22,24,44-45H,6-21,23,25-43H2,1-5H3/p+1/b24-22+. The van der Waals surface area contributed by atoms with Crippen molar-refractivity contribution in [2.75, 3.05) is 41.0 Å². The number of likely N-dealkylation sites (N-methyl/N-ethyl adjacent to an activating group) is 1. The number of quaternary nitrogens is 1. The molecule has 0 aliphatic heterocycles. The number of rotatable bonds is 43. The van der Waals surface area contributed by atoms with Crippen molar-refractivity contribution in [3.05, 3.63) is 12.2 Å². The average Bonchev–Trinajstić information content (AvgIpc) is 3.15. The molecule has 8 nitrogen and oxygen atoms in total.